The van der Waals surface area contributed by atoms with Crippen molar-refractivity contribution in [3.8, 4) is 5.75 Å². The van der Waals surface area contributed by atoms with Crippen LogP contribution in [0.3, 0.4) is 0 Å². The number of halogens is 3. The molecule has 0 saturated heterocycles. The average molecular weight is 490 g/mol. The first-order valence-electron chi connectivity index (χ1n) is 10.1. The molecule has 34 heavy (non-hydrogen) atoms. The molecule has 0 bridgehead atoms. The van der Waals surface area contributed by atoms with E-state index in [4.69, 9.17) is 11.6 Å². The summed E-state index contributed by atoms with van der Waals surface area (Å²) < 4.78 is 28.4. The van der Waals surface area contributed by atoms with Gasteiger partial charge in [0.1, 0.15) is 23.4 Å². The van der Waals surface area contributed by atoms with Gasteiger partial charge >= 0.3 is 0 Å². The van der Waals surface area contributed by atoms with Gasteiger partial charge < -0.3 is 25.0 Å². The van der Waals surface area contributed by atoms with E-state index in [1.807, 2.05) is 0 Å². The van der Waals surface area contributed by atoms with Gasteiger partial charge in [0.05, 0.1) is 18.1 Å². The summed E-state index contributed by atoms with van der Waals surface area (Å²) in [6.45, 7) is -0.656. The van der Waals surface area contributed by atoms with Gasteiger partial charge in [-0.1, -0.05) is 35.9 Å². The van der Waals surface area contributed by atoms with Crippen LogP contribution in [0, 0.1) is 11.6 Å². The lowest BCUT2D eigenvalue weighted by Gasteiger charge is -2.35. The van der Waals surface area contributed by atoms with Gasteiger partial charge in [-0.15, -0.1) is 0 Å². The lowest BCUT2D eigenvalue weighted by Crippen LogP contribution is -2.49. The Morgan fingerprint density at radius 1 is 1.15 bits per heavy atom. The predicted octanol–water partition coefficient (Wildman–Crippen LogP) is 2.39. The number of carbonyl (C=O) groups is 2. The van der Waals surface area contributed by atoms with E-state index in [2.05, 4.69) is 5.32 Å². The fourth-order valence-corrected chi connectivity index (χ4v) is 3.83. The molecule has 3 aromatic rings. The number of aliphatic hydroxyl groups excluding tert-OH is 1. The van der Waals surface area contributed by atoms with Crippen LogP contribution in [-0.4, -0.2) is 37.7 Å². The average Bonchev–Trinajstić information content (AvgIpc) is 2.80. The molecule has 0 aliphatic carbocycles. The largest absolute Gasteiger partial charge is 0.503 e. The molecule has 0 radical (unpaired) electrons. The van der Waals surface area contributed by atoms with Crippen molar-refractivity contribution in [3.63, 3.8) is 0 Å². The maximum Gasteiger partial charge on any atom is 0.276 e. The molecule has 3 N–H and O–H groups in total. The monoisotopic (exact) mass is 489 g/mol. The zero-order chi connectivity index (χ0) is 24.6. The first kappa shape index (κ1) is 23.4. The number of nitrogens with one attached hydrogen (secondary N) is 1. The number of hydrogen-bond donors (Lipinski definition) is 3. The van der Waals surface area contributed by atoms with Gasteiger partial charge in [-0.05, 0) is 23.8 Å². The number of hydrogen-bond acceptors (Lipinski definition) is 5. The molecule has 0 saturated carbocycles. The number of amides is 2. The van der Waals surface area contributed by atoms with E-state index in [1.165, 1.54) is 42.5 Å². The van der Waals surface area contributed by atoms with E-state index in [1.54, 1.807) is 0 Å². The van der Waals surface area contributed by atoms with Crippen molar-refractivity contribution in [3.05, 3.63) is 97.9 Å². The third-order valence-electron chi connectivity index (χ3n) is 5.42. The van der Waals surface area contributed by atoms with Crippen molar-refractivity contribution in [1.29, 1.82) is 0 Å². The highest BCUT2D eigenvalue weighted by atomic mass is 35.5. The number of benzene rings is 2. The number of carbonyl (C=O) groups excluding carboxylic acids is 2. The Balaban J connectivity index is 1.60. The molecule has 8 nitrogen and oxygen atoms in total. The smallest absolute Gasteiger partial charge is 0.276 e. The van der Waals surface area contributed by atoms with Crippen LogP contribution < -0.4 is 10.7 Å². The van der Waals surface area contributed by atoms with Crippen molar-refractivity contribution in [2.45, 2.75) is 25.9 Å². The highest BCUT2D eigenvalue weighted by Crippen LogP contribution is 2.26. The number of aliphatic hydroxyl groups is 1. The Labute approximate surface area is 196 Å². The van der Waals surface area contributed by atoms with Gasteiger partial charge in [-0.25, -0.2) is 8.78 Å². The number of aromatic nitrogens is 1. The second kappa shape index (κ2) is 9.24. The Hall–Kier alpha value is -3.76. The molecule has 1 aromatic heterocycles. The number of fused-ring (bicyclic) bond motifs is 1. The van der Waals surface area contributed by atoms with Crippen LogP contribution in [0.4, 0.5) is 8.78 Å². The van der Waals surface area contributed by atoms with Crippen LogP contribution in [0.2, 0.25) is 5.02 Å². The molecule has 1 unspecified atom stereocenters. The first-order valence-corrected chi connectivity index (χ1v) is 10.5. The Bertz CT molecular complexity index is 1340. The van der Waals surface area contributed by atoms with Gasteiger partial charge in [0, 0.05) is 18.3 Å². The van der Waals surface area contributed by atoms with E-state index in [-0.39, 0.29) is 30.2 Å². The molecule has 2 heterocycles. The predicted molar refractivity (Wildman–Crippen MR) is 117 cm³/mol. The van der Waals surface area contributed by atoms with Crippen molar-refractivity contribution in [2.24, 2.45) is 0 Å². The van der Waals surface area contributed by atoms with Crippen LogP contribution >= 0.6 is 11.6 Å². The summed E-state index contributed by atoms with van der Waals surface area (Å²) in [5.41, 5.74) is -1.36. The fourth-order valence-electron chi connectivity index (χ4n) is 3.64. The van der Waals surface area contributed by atoms with Crippen LogP contribution in [0.5, 0.6) is 5.75 Å². The number of pyridine rings is 1. The van der Waals surface area contributed by atoms with Crippen molar-refractivity contribution >= 4 is 23.4 Å². The Morgan fingerprint density at radius 3 is 2.56 bits per heavy atom. The lowest BCUT2D eigenvalue weighted by atomic mass is 10.1. The van der Waals surface area contributed by atoms with Crippen LogP contribution in [-0.2, 0) is 19.6 Å². The molecular weight excluding hydrogens is 472 g/mol. The van der Waals surface area contributed by atoms with Gasteiger partial charge in [0.15, 0.2) is 11.4 Å². The third-order valence-corrected chi connectivity index (χ3v) is 5.71. The number of aromatic hydroxyl groups is 1. The molecule has 0 fully saturated rings. The molecule has 2 aromatic carbocycles. The maximum absolute atomic E-state index is 14.3. The summed E-state index contributed by atoms with van der Waals surface area (Å²) in [6, 6.07) is 9.55. The molecule has 1 aliphatic rings. The summed E-state index contributed by atoms with van der Waals surface area (Å²) >= 11 is 5.77. The van der Waals surface area contributed by atoms with Crippen molar-refractivity contribution in [2.75, 3.05) is 0 Å². The molecular formula is C23H18ClF2N3O5. The zero-order valence-corrected chi connectivity index (χ0v) is 18.2. The van der Waals surface area contributed by atoms with E-state index in [9.17, 15) is 33.4 Å². The minimum absolute atomic E-state index is 0.0123. The van der Waals surface area contributed by atoms with Gasteiger partial charge in [0.25, 0.3) is 11.8 Å². The topological polar surface area (TPSA) is 112 Å². The third kappa shape index (κ3) is 4.37. The summed E-state index contributed by atoms with van der Waals surface area (Å²) in [5.74, 6) is -3.92. The molecule has 2 amide bonds. The van der Waals surface area contributed by atoms with E-state index in [0.717, 1.165) is 15.7 Å². The SMILES string of the molecule is O=C(NCc1ccc(F)cc1)c1cn2c(c(O)c1=O)C(=O)N(Cc1cccc(Cl)c1F)C(O)C2. The first-order chi connectivity index (χ1) is 16.2. The van der Waals surface area contributed by atoms with Crippen molar-refractivity contribution in [1.82, 2.24) is 14.8 Å². The molecule has 4 rings (SSSR count). The molecule has 1 atom stereocenters. The van der Waals surface area contributed by atoms with Gasteiger partial charge in [0.2, 0.25) is 5.43 Å². The van der Waals surface area contributed by atoms with Crippen LogP contribution in [0.15, 0.2) is 53.5 Å². The summed E-state index contributed by atoms with van der Waals surface area (Å²) in [6.07, 6.45) is -0.370. The van der Waals surface area contributed by atoms with Crippen molar-refractivity contribution < 1.29 is 28.6 Å². The highest BCUT2D eigenvalue weighted by Gasteiger charge is 2.36. The Kier molecular flexibility index (Phi) is 6.36. The molecule has 0 spiro atoms. The molecule has 11 heteroatoms. The van der Waals surface area contributed by atoms with Gasteiger partial charge in [-0.3, -0.25) is 14.4 Å². The number of nitrogens with zero attached hydrogens (tertiary/aromatic N) is 2. The van der Waals surface area contributed by atoms with Crippen LogP contribution in [0.25, 0.3) is 0 Å². The summed E-state index contributed by atoms with van der Waals surface area (Å²) in [4.78, 5) is 39.1. The maximum atomic E-state index is 14.3. The van der Waals surface area contributed by atoms with E-state index < -0.39 is 52.1 Å². The standard InChI is InChI=1S/C23H18ClF2N3O5/c24-16-3-1-2-13(18(16)26)9-29-17(30)11-28-10-15(20(31)21(32)19(28)23(29)34)22(33)27-8-12-4-6-14(25)7-5-12/h1-7,10,17,30,32H,8-9,11H2,(H,27,33). The molecule has 176 valence electrons. The molecule has 1 aliphatic heterocycles. The Morgan fingerprint density at radius 2 is 1.85 bits per heavy atom. The van der Waals surface area contributed by atoms with E-state index in [0.29, 0.717) is 5.56 Å². The highest BCUT2D eigenvalue weighted by molar-refractivity contribution is 6.30. The summed E-state index contributed by atoms with van der Waals surface area (Å²) in [7, 11) is 0. The second-order valence-corrected chi connectivity index (χ2v) is 8.06. The van der Waals surface area contributed by atoms with Crippen LogP contribution in [0.1, 0.15) is 32.0 Å². The zero-order valence-electron chi connectivity index (χ0n) is 17.5. The second-order valence-electron chi connectivity index (χ2n) is 7.66. The summed E-state index contributed by atoms with van der Waals surface area (Å²) in [5, 5.41) is 23.3. The fraction of sp³-hybridized carbons (Fsp3) is 0.174. The minimum atomic E-state index is -1.43. The van der Waals surface area contributed by atoms with Gasteiger partial charge in [-0.2, -0.15) is 0 Å². The lowest BCUT2D eigenvalue weighted by molar-refractivity contribution is -0.0166. The number of rotatable bonds is 5. The minimum Gasteiger partial charge on any atom is -0.503 e. The normalized spacial score (nSPS) is 15.2. The van der Waals surface area contributed by atoms with E-state index >= 15 is 0 Å². The quantitative estimate of drug-likeness (QED) is 0.509.